The molecule has 3 rings (SSSR count). The molecule has 0 aliphatic rings. The van der Waals surface area contributed by atoms with E-state index in [1.54, 1.807) is 7.05 Å². The Morgan fingerprint density at radius 1 is 1.08 bits per heavy atom. The number of nitrogens with zero attached hydrogens (tertiary/aromatic N) is 2. The molecule has 1 aromatic heterocycles. The summed E-state index contributed by atoms with van der Waals surface area (Å²) in [7, 11) is -1.94. The molecule has 6 heteroatoms. The van der Waals surface area contributed by atoms with Crippen LogP contribution in [0.3, 0.4) is 0 Å². The number of aryl methyl sites for hydroxylation is 3. The van der Waals surface area contributed by atoms with Gasteiger partial charge >= 0.3 is 0 Å². The topological polar surface area (TPSA) is 50.3 Å². The molecule has 0 saturated heterocycles. The number of hydrogen-bond acceptors (Lipinski definition) is 4. The van der Waals surface area contributed by atoms with Crippen LogP contribution in [0.1, 0.15) is 21.7 Å². The Bertz CT molecular complexity index is 951. The number of fused-ring (bicyclic) bond motifs is 1. The second-order valence-corrected chi connectivity index (χ2v) is 9.16. The summed E-state index contributed by atoms with van der Waals surface area (Å²) >= 11 is 1.53. The molecule has 0 spiro atoms. The van der Waals surface area contributed by atoms with Gasteiger partial charge < -0.3 is 0 Å². The average molecular weight is 361 g/mol. The minimum atomic E-state index is -3.55. The van der Waals surface area contributed by atoms with E-state index in [4.69, 9.17) is 0 Å². The first-order chi connectivity index (χ1) is 11.3. The predicted molar refractivity (Wildman–Crippen MR) is 98.9 cm³/mol. The highest BCUT2D eigenvalue weighted by atomic mass is 32.2. The van der Waals surface area contributed by atoms with Gasteiger partial charge in [-0.15, -0.1) is 11.3 Å². The lowest BCUT2D eigenvalue weighted by Crippen LogP contribution is -2.27. The summed E-state index contributed by atoms with van der Waals surface area (Å²) in [5.74, 6) is 0. The van der Waals surface area contributed by atoms with E-state index in [2.05, 4.69) is 4.98 Å². The van der Waals surface area contributed by atoms with Crippen molar-refractivity contribution in [2.75, 3.05) is 7.05 Å². The summed E-state index contributed by atoms with van der Waals surface area (Å²) in [6, 6.07) is 11.7. The Morgan fingerprint density at radius 3 is 2.33 bits per heavy atom. The maximum absolute atomic E-state index is 13.0. The van der Waals surface area contributed by atoms with E-state index in [0.29, 0.717) is 4.90 Å². The molecule has 0 atom stereocenters. The largest absolute Gasteiger partial charge is 0.243 e. The van der Waals surface area contributed by atoms with Gasteiger partial charge in [0.1, 0.15) is 5.01 Å². The number of hydrogen-bond donors (Lipinski definition) is 0. The molecule has 4 nitrogen and oxygen atoms in total. The molecule has 0 fully saturated rings. The van der Waals surface area contributed by atoms with E-state index in [1.165, 1.54) is 15.6 Å². The van der Waals surface area contributed by atoms with Gasteiger partial charge in [0, 0.05) is 7.05 Å². The molecule has 0 amide bonds. The van der Waals surface area contributed by atoms with Crippen LogP contribution in [0.2, 0.25) is 0 Å². The SMILES string of the molecule is Cc1cc(C)c(S(=O)(=O)N(C)Cc2nc3ccccc3s2)c(C)c1. The van der Waals surface area contributed by atoms with Gasteiger partial charge in [0.15, 0.2) is 0 Å². The van der Waals surface area contributed by atoms with E-state index >= 15 is 0 Å². The van der Waals surface area contributed by atoms with Crippen LogP contribution in [-0.2, 0) is 16.6 Å². The Morgan fingerprint density at radius 2 is 1.71 bits per heavy atom. The number of sulfonamides is 1. The van der Waals surface area contributed by atoms with E-state index < -0.39 is 10.0 Å². The second-order valence-electron chi connectivity index (χ2n) is 6.06. The first-order valence-electron chi connectivity index (χ1n) is 7.67. The third kappa shape index (κ3) is 3.09. The molecule has 24 heavy (non-hydrogen) atoms. The summed E-state index contributed by atoms with van der Waals surface area (Å²) in [6.07, 6.45) is 0. The lowest BCUT2D eigenvalue weighted by molar-refractivity contribution is 0.465. The zero-order chi connectivity index (χ0) is 17.5. The van der Waals surface area contributed by atoms with Crippen LogP contribution < -0.4 is 0 Å². The molecule has 0 unspecified atom stereocenters. The monoisotopic (exact) mass is 360 g/mol. The average Bonchev–Trinajstić information content (AvgIpc) is 2.87. The van der Waals surface area contributed by atoms with Crippen LogP contribution >= 0.6 is 11.3 Å². The fourth-order valence-electron chi connectivity index (χ4n) is 2.99. The van der Waals surface area contributed by atoms with E-state index in [9.17, 15) is 8.42 Å². The Balaban J connectivity index is 1.95. The molecule has 2 aromatic carbocycles. The van der Waals surface area contributed by atoms with Crippen molar-refractivity contribution in [1.29, 1.82) is 0 Å². The molecule has 0 bridgehead atoms. The molecular formula is C18H20N2O2S2. The highest BCUT2D eigenvalue weighted by Gasteiger charge is 2.26. The molecule has 1 heterocycles. The number of aromatic nitrogens is 1. The third-order valence-electron chi connectivity index (χ3n) is 3.97. The smallest absolute Gasteiger partial charge is 0.240 e. The minimum Gasteiger partial charge on any atom is -0.240 e. The standard InChI is InChI=1S/C18H20N2O2S2/c1-12-9-13(2)18(14(3)10-12)24(21,22)20(4)11-17-19-15-7-5-6-8-16(15)23-17/h5-10H,11H2,1-4H3. The molecule has 0 aliphatic heterocycles. The number of thiazole rings is 1. The Hall–Kier alpha value is -1.76. The summed E-state index contributed by atoms with van der Waals surface area (Å²) in [6.45, 7) is 5.94. The maximum Gasteiger partial charge on any atom is 0.243 e. The maximum atomic E-state index is 13.0. The van der Waals surface area contributed by atoms with Crippen molar-refractivity contribution in [1.82, 2.24) is 9.29 Å². The van der Waals surface area contributed by atoms with Gasteiger partial charge in [0.25, 0.3) is 0 Å². The summed E-state index contributed by atoms with van der Waals surface area (Å²) in [4.78, 5) is 4.93. The lowest BCUT2D eigenvalue weighted by Gasteiger charge is -2.19. The zero-order valence-electron chi connectivity index (χ0n) is 14.2. The lowest BCUT2D eigenvalue weighted by atomic mass is 10.1. The van der Waals surface area contributed by atoms with Gasteiger partial charge in [-0.2, -0.15) is 4.31 Å². The second kappa shape index (κ2) is 6.27. The predicted octanol–water partition coefficient (Wildman–Crippen LogP) is 4.04. The van der Waals surface area contributed by atoms with Crippen molar-refractivity contribution < 1.29 is 8.42 Å². The molecular weight excluding hydrogens is 340 g/mol. The third-order valence-corrected chi connectivity index (χ3v) is 7.10. The van der Waals surface area contributed by atoms with Crippen LogP contribution in [0.5, 0.6) is 0 Å². The first kappa shape index (κ1) is 17.1. The van der Waals surface area contributed by atoms with Crippen molar-refractivity contribution >= 4 is 31.6 Å². The summed E-state index contributed by atoms with van der Waals surface area (Å²) in [5, 5.41) is 0.796. The quantitative estimate of drug-likeness (QED) is 0.705. The fourth-order valence-corrected chi connectivity index (χ4v) is 5.63. The molecule has 0 aliphatic carbocycles. The molecule has 0 saturated carbocycles. The number of benzene rings is 2. The van der Waals surface area contributed by atoms with Crippen LogP contribution in [0.15, 0.2) is 41.3 Å². The van der Waals surface area contributed by atoms with E-state index in [1.807, 2.05) is 57.2 Å². The van der Waals surface area contributed by atoms with Crippen LogP contribution in [0.25, 0.3) is 10.2 Å². The highest BCUT2D eigenvalue weighted by molar-refractivity contribution is 7.89. The molecule has 0 radical (unpaired) electrons. The number of para-hydroxylation sites is 1. The molecule has 3 aromatic rings. The van der Waals surface area contributed by atoms with Crippen molar-refractivity contribution in [3.05, 3.63) is 58.1 Å². The normalized spacial score (nSPS) is 12.2. The zero-order valence-corrected chi connectivity index (χ0v) is 15.8. The van der Waals surface area contributed by atoms with Gasteiger partial charge in [-0.1, -0.05) is 29.8 Å². The first-order valence-corrected chi connectivity index (χ1v) is 9.93. The van der Waals surface area contributed by atoms with Crippen molar-refractivity contribution in [3.8, 4) is 0 Å². The van der Waals surface area contributed by atoms with Crippen molar-refractivity contribution in [3.63, 3.8) is 0 Å². The fraction of sp³-hybridized carbons (Fsp3) is 0.278. The minimum absolute atomic E-state index is 0.272. The summed E-state index contributed by atoms with van der Waals surface area (Å²) < 4.78 is 28.5. The van der Waals surface area contributed by atoms with Crippen LogP contribution in [-0.4, -0.2) is 24.8 Å². The van der Waals surface area contributed by atoms with Gasteiger partial charge in [-0.05, 0) is 44.0 Å². The van der Waals surface area contributed by atoms with Crippen molar-refractivity contribution in [2.24, 2.45) is 0 Å². The van der Waals surface area contributed by atoms with Crippen molar-refractivity contribution in [2.45, 2.75) is 32.2 Å². The Labute approximate surface area is 146 Å². The van der Waals surface area contributed by atoms with Crippen LogP contribution in [0, 0.1) is 20.8 Å². The highest BCUT2D eigenvalue weighted by Crippen LogP contribution is 2.27. The molecule has 126 valence electrons. The molecule has 0 N–H and O–H groups in total. The van der Waals surface area contributed by atoms with E-state index in [-0.39, 0.29) is 6.54 Å². The Kier molecular flexibility index (Phi) is 4.46. The van der Waals surface area contributed by atoms with Gasteiger partial charge in [-0.25, -0.2) is 13.4 Å². The van der Waals surface area contributed by atoms with Gasteiger partial charge in [0.05, 0.1) is 21.7 Å². The van der Waals surface area contributed by atoms with E-state index in [0.717, 1.165) is 31.9 Å². The summed E-state index contributed by atoms with van der Waals surface area (Å²) in [5.41, 5.74) is 3.54. The number of rotatable bonds is 4. The van der Waals surface area contributed by atoms with Gasteiger partial charge in [0.2, 0.25) is 10.0 Å². The van der Waals surface area contributed by atoms with Crippen LogP contribution in [0.4, 0.5) is 0 Å². The van der Waals surface area contributed by atoms with Gasteiger partial charge in [-0.3, -0.25) is 0 Å².